The van der Waals surface area contributed by atoms with Gasteiger partial charge >= 0.3 is 0 Å². The zero-order chi connectivity index (χ0) is 14.8. The predicted molar refractivity (Wildman–Crippen MR) is 98.7 cm³/mol. The van der Waals surface area contributed by atoms with E-state index in [0.717, 1.165) is 15.7 Å². The fraction of sp³-hybridized carbons (Fsp3) is 0.647. The molecule has 1 rings (SSSR count). The molecular weight excluding hydrogens is 399 g/mol. The van der Waals surface area contributed by atoms with Gasteiger partial charge in [-0.25, -0.2) is 0 Å². The van der Waals surface area contributed by atoms with Crippen molar-refractivity contribution in [3.05, 3.63) is 34.9 Å². The summed E-state index contributed by atoms with van der Waals surface area (Å²) in [5.41, 5.74) is 1.38. The molecule has 0 nitrogen and oxygen atoms in total. The molecule has 1 aromatic rings. The van der Waals surface area contributed by atoms with Crippen LogP contribution in [0.4, 0.5) is 0 Å². The zero-order valence-electron chi connectivity index (χ0n) is 12.3. The van der Waals surface area contributed by atoms with Crippen molar-refractivity contribution in [1.82, 2.24) is 0 Å². The summed E-state index contributed by atoms with van der Waals surface area (Å²) in [6.45, 7) is 2.26. The minimum Gasteiger partial charge on any atom is -0.0918 e. The lowest BCUT2D eigenvalue weighted by Crippen LogP contribution is -2.30. The molecule has 0 amide bonds. The Labute approximate surface area is 145 Å². The van der Waals surface area contributed by atoms with Crippen LogP contribution in [-0.2, 0) is 5.41 Å². The summed E-state index contributed by atoms with van der Waals surface area (Å²) in [5.74, 6) is 0. The van der Waals surface area contributed by atoms with Crippen LogP contribution in [0.5, 0.6) is 0 Å². The number of unbranched alkanes of at least 4 members (excludes halogenated alkanes) is 5. The zero-order valence-corrected chi connectivity index (χ0v) is 16.2. The van der Waals surface area contributed by atoms with Gasteiger partial charge in [0.25, 0.3) is 0 Å². The second-order valence-electron chi connectivity index (χ2n) is 5.55. The monoisotopic (exact) mass is 422 g/mol. The van der Waals surface area contributed by atoms with Crippen LogP contribution in [0, 0.1) is 0 Å². The average molecular weight is 425 g/mol. The summed E-state index contributed by atoms with van der Waals surface area (Å²) in [5, 5.41) is 2.78. The van der Waals surface area contributed by atoms with Gasteiger partial charge in [0.05, 0.1) is 0 Å². The Balaban J connectivity index is 2.61. The van der Waals surface area contributed by atoms with Crippen LogP contribution in [0.3, 0.4) is 0 Å². The summed E-state index contributed by atoms with van der Waals surface area (Å²) < 4.78 is 0. The van der Waals surface area contributed by atoms with Gasteiger partial charge in [-0.1, -0.05) is 107 Å². The Hall–Kier alpha value is 0.470. The predicted octanol–water partition coefficient (Wildman–Crippen LogP) is 7.12. The topological polar surface area (TPSA) is 0 Å². The standard InChI is InChI=1S/C17H25Br2Cl/c1-2-3-4-5-6-9-12-17(13-18,14-19)15-10-7-8-11-16(15)20/h7-8,10-11H,2-6,9,12-14H2,1H3. The molecule has 0 aromatic heterocycles. The van der Waals surface area contributed by atoms with Crippen LogP contribution in [0.15, 0.2) is 24.3 Å². The highest BCUT2D eigenvalue weighted by molar-refractivity contribution is 9.09. The second-order valence-corrected chi connectivity index (χ2v) is 7.07. The first-order valence-electron chi connectivity index (χ1n) is 7.57. The lowest BCUT2D eigenvalue weighted by Gasteiger charge is -2.31. The molecule has 0 bridgehead atoms. The first-order valence-corrected chi connectivity index (χ1v) is 10.2. The molecule has 0 saturated carbocycles. The van der Waals surface area contributed by atoms with Gasteiger partial charge in [-0.3, -0.25) is 0 Å². The molecule has 0 fully saturated rings. The van der Waals surface area contributed by atoms with Crippen LogP contribution in [-0.4, -0.2) is 10.7 Å². The molecule has 0 aliphatic heterocycles. The normalized spacial score (nSPS) is 11.8. The molecule has 0 saturated heterocycles. The number of halogens is 3. The highest BCUT2D eigenvalue weighted by Crippen LogP contribution is 2.38. The fourth-order valence-corrected chi connectivity index (χ4v) is 5.01. The van der Waals surface area contributed by atoms with Crippen molar-refractivity contribution >= 4 is 43.5 Å². The fourth-order valence-electron chi connectivity index (χ4n) is 2.58. The van der Waals surface area contributed by atoms with Gasteiger partial charge in [-0.05, 0) is 18.1 Å². The summed E-state index contributed by atoms with van der Waals surface area (Å²) >= 11 is 13.8. The first kappa shape index (κ1) is 18.5. The number of alkyl halides is 2. The SMILES string of the molecule is CCCCCCCCC(CBr)(CBr)c1ccccc1Cl. The number of benzene rings is 1. The minimum absolute atomic E-state index is 0.114. The average Bonchev–Trinajstić information content (AvgIpc) is 2.48. The van der Waals surface area contributed by atoms with E-state index in [2.05, 4.69) is 50.9 Å². The van der Waals surface area contributed by atoms with E-state index in [9.17, 15) is 0 Å². The smallest absolute Gasteiger partial charge is 0.0444 e. The van der Waals surface area contributed by atoms with Crippen molar-refractivity contribution in [3.8, 4) is 0 Å². The van der Waals surface area contributed by atoms with E-state index in [0.29, 0.717) is 0 Å². The van der Waals surface area contributed by atoms with E-state index in [1.54, 1.807) is 0 Å². The van der Waals surface area contributed by atoms with Gasteiger partial charge < -0.3 is 0 Å². The molecular formula is C17H25Br2Cl. The first-order chi connectivity index (χ1) is 9.70. The molecule has 114 valence electrons. The van der Waals surface area contributed by atoms with Crippen molar-refractivity contribution < 1.29 is 0 Å². The third-order valence-corrected chi connectivity index (χ3v) is 6.44. The van der Waals surface area contributed by atoms with Crippen LogP contribution >= 0.6 is 43.5 Å². The van der Waals surface area contributed by atoms with Crippen LogP contribution < -0.4 is 0 Å². The largest absolute Gasteiger partial charge is 0.0918 e. The highest BCUT2D eigenvalue weighted by Gasteiger charge is 2.31. The molecule has 0 aliphatic carbocycles. The second kappa shape index (κ2) is 10.2. The molecule has 0 unspecified atom stereocenters. The maximum absolute atomic E-state index is 6.41. The van der Waals surface area contributed by atoms with Gasteiger partial charge in [-0.2, -0.15) is 0 Å². The number of rotatable bonds is 10. The Bertz CT molecular complexity index is 375. The lowest BCUT2D eigenvalue weighted by molar-refractivity contribution is 0.461. The van der Waals surface area contributed by atoms with Gasteiger partial charge in [0.15, 0.2) is 0 Å². The van der Waals surface area contributed by atoms with Crippen LogP contribution in [0.2, 0.25) is 5.02 Å². The maximum Gasteiger partial charge on any atom is 0.0444 e. The van der Waals surface area contributed by atoms with Crippen LogP contribution in [0.25, 0.3) is 0 Å². The molecule has 0 N–H and O–H groups in total. The van der Waals surface area contributed by atoms with E-state index in [4.69, 9.17) is 11.6 Å². The maximum atomic E-state index is 6.41. The van der Waals surface area contributed by atoms with E-state index in [-0.39, 0.29) is 5.41 Å². The van der Waals surface area contributed by atoms with E-state index >= 15 is 0 Å². The quantitative estimate of drug-likeness (QED) is 0.277. The molecule has 1 aromatic carbocycles. The van der Waals surface area contributed by atoms with E-state index < -0.39 is 0 Å². The summed E-state index contributed by atoms with van der Waals surface area (Å²) in [6.07, 6.45) is 9.19. The molecule has 0 spiro atoms. The van der Waals surface area contributed by atoms with Crippen molar-refractivity contribution in [3.63, 3.8) is 0 Å². The lowest BCUT2D eigenvalue weighted by atomic mass is 9.79. The molecule has 20 heavy (non-hydrogen) atoms. The van der Waals surface area contributed by atoms with Gasteiger partial charge in [0.2, 0.25) is 0 Å². The third kappa shape index (κ3) is 5.35. The molecule has 3 heteroatoms. The highest BCUT2D eigenvalue weighted by atomic mass is 79.9. The van der Waals surface area contributed by atoms with E-state index in [1.807, 2.05) is 12.1 Å². The van der Waals surface area contributed by atoms with Crippen LogP contribution in [0.1, 0.15) is 57.4 Å². The van der Waals surface area contributed by atoms with Gasteiger partial charge in [0, 0.05) is 21.1 Å². The minimum atomic E-state index is 0.114. The Morgan fingerprint density at radius 2 is 1.55 bits per heavy atom. The number of hydrogen-bond donors (Lipinski definition) is 0. The molecule has 0 radical (unpaired) electrons. The Morgan fingerprint density at radius 3 is 2.15 bits per heavy atom. The van der Waals surface area contributed by atoms with Crippen molar-refractivity contribution in [2.75, 3.05) is 10.7 Å². The number of hydrogen-bond acceptors (Lipinski definition) is 0. The molecule has 0 heterocycles. The van der Waals surface area contributed by atoms with Crippen molar-refractivity contribution in [2.45, 2.75) is 57.3 Å². The Morgan fingerprint density at radius 1 is 0.950 bits per heavy atom. The Kier molecular flexibility index (Phi) is 9.48. The van der Waals surface area contributed by atoms with Crippen molar-refractivity contribution in [2.24, 2.45) is 0 Å². The van der Waals surface area contributed by atoms with Gasteiger partial charge in [0.1, 0.15) is 0 Å². The molecule has 0 aliphatic rings. The van der Waals surface area contributed by atoms with E-state index in [1.165, 1.54) is 50.5 Å². The summed E-state index contributed by atoms with van der Waals surface area (Å²) in [7, 11) is 0. The summed E-state index contributed by atoms with van der Waals surface area (Å²) in [4.78, 5) is 0. The third-order valence-electron chi connectivity index (χ3n) is 3.97. The van der Waals surface area contributed by atoms with Gasteiger partial charge in [-0.15, -0.1) is 0 Å². The molecule has 0 atom stereocenters. The summed E-state index contributed by atoms with van der Waals surface area (Å²) in [6, 6.07) is 8.26. The van der Waals surface area contributed by atoms with Crippen molar-refractivity contribution in [1.29, 1.82) is 0 Å².